The van der Waals surface area contributed by atoms with Gasteiger partial charge in [0, 0.05) is 17.0 Å². The van der Waals surface area contributed by atoms with Gasteiger partial charge in [0.25, 0.3) is 5.91 Å². The SMILES string of the molecule is CC[C@@H](NC(=O)c1cc(=O)[nH]c2cc(F)ccc12)c1ccccc1O. The van der Waals surface area contributed by atoms with E-state index < -0.39 is 23.3 Å². The quantitative estimate of drug-likeness (QED) is 0.682. The zero-order valence-electron chi connectivity index (χ0n) is 13.5. The van der Waals surface area contributed by atoms with Crippen LogP contribution in [0.2, 0.25) is 0 Å². The minimum Gasteiger partial charge on any atom is -0.508 e. The number of phenolic OH excluding ortho intramolecular Hbond substituents is 1. The molecule has 0 saturated carbocycles. The normalized spacial score (nSPS) is 12.1. The monoisotopic (exact) mass is 340 g/mol. The molecular weight excluding hydrogens is 323 g/mol. The molecule has 1 aromatic heterocycles. The molecule has 0 saturated heterocycles. The van der Waals surface area contributed by atoms with Gasteiger partial charge in [0.1, 0.15) is 11.6 Å². The highest BCUT2D eigenvalue weighted by Gasteiger charge is 2.19. The predicted octanol–water partition coefficient (Wildman–Crippen LogP) is 3.25. The Morgan fingerprint density at radius 1 is 1.24 bits per heavy atom. The first kappa shape index (κ1) is 16.7. The van der Waals surface area contributed by atoms with Crippen LogP contribution in [0.25, 0.3) is 10.9 Å². The van der Waals surface area contributed by atoms with Crippen molar-refractivity contribution in [1.29, 1.82) is 0 Å². The van der Waals surface area contributed by atoms with Gasteiger partial charge in [-0.15, -0.1) is 0 Å². The number of amides is 1. The fraction of sp³-hybridized carbons (Fsp3) is 0.158. The Bertz CT molecular complexity index is 997. The lowest BCUT2D eigenvalue weighted by Crippen LogP contribution is -2.29. The number of aromatic hydroxyl groups is 1. The summed E-state index contributed by atoms with van der Waals surface area (Å²) in [5.41, 5.74) is 0.526. The molecule has 1 heterocycles. The van der Waals surface area contributed by atoms with Crippen molar-refractivity contribution in [3.8, 4) is 5.75 Å². The molecule has 6 heteroatoms. The number of benzene rings is 2. The van der Waals surface area contributed by atoms with E-state index in [0.29, 0.717) is 17.4 Å². The van der Waals surface area contributed by atoms with Gasteiger partial charge < -0.3 is 15.4 Å². The summed E-state index contributed by atoms with van der Waals surface area (Å²) in [5, 5.41) is 13.3. The van der Waals surface area contributed by atoms with Gasteiger partial charge in [-0.2, -0.15) is 0 Å². The number of para-hydroxylation sites is 1. The first-order valence-corrected chi connectivity index (χ1v) is 7.91. The number of hydrogen-bond donors (Lipinski definition) is 3. The summed E-state index contributed by atoms with van der Waals surface area (Å²) < 4.78 is 13.4. The molecule has 0 aliphatic rings. The summed E-state index contributed by atoms with van der Waals surface area (Å²) >= 11 is 0. The number of H-pyrrole nitrogens is 1. The Hall–Kier alpha value is -3.15. The lowest BCUT2D eigenvalue weighted by molar-refractivity contribution is 0.0936. The molecule has 0 fully saturated rings. The van der Waals surface area contributed by atoms with Crippen molar-refractivity contribution in [2.45, 2.75) is 19.4 Å². The Morgan fingerprint density at radius 2 is 2.00 bits per heavy atom. The van der Waals surface area contributed by atoms with Crippen molar-refractivity contribution < 1.29 is 14.3 Å². The Morgan fingerprint density at radius 3 is 2.72 bits per heavy atom. The van der Waals surface area contributed by atoms with Crippen LogP contribution in [0.1, 0.15) is 35.3 Å². The van der Waals surface area contributed by atoms with Crippen molar-refractivity contribution in [3.63, 3.8) is 0 Å². The Balaban J connectivity index is 1.99. The molecule has 5 nitrogen and oxygen atoms in total. The summed E-state index contributed by atoms with van der Waals surface area (Å²) in [6, 6.07) is 11.4. The second-order valence-electron chi connectivity index (χ2n) is 5.73. The smallest absolute Gasteiger partial charge is 0.252 e. The third-order valence-electron chi connectivity index (χ3n) is 4.08. The molecule has 128 valence electrons. The average molecular weight is 340 g/mol. The average Bonchev–Trinajstić information content (AvgIpc) is 2.59. The van der Waals surface area contributed by atoms with Crippen LogP contribution in [0.4, 0.5) is 4.39 Å². The number of hydrogen-bond acceptors (Lipinski definition) is 3. The van der Waals surface area contributed by atoms with Crippen molar-refractivity contribution in [3.05, 3.63) is 75.8 Å². The molecule has 3 aromatic rings. The van der Waals surface area contributed by atoms with E-state index >= 15 is 0 Å². The van der Waals surface area contributed by atoms with Crippen molar-refractivity contribution in [2.75, 3.05) is 0 Å². The zero-order chi connectivity index (χ0) is 18.0. The fourth-order valence-corrected chi connectivity index (χ4v) is 2.84. The fourth-order valence-electron chi connectivity index (χ4n) is 2.84. The maximum absolute atomic E-state index is 13.4. The maximum Gasteiger partial charge on any atom is 0.252 e. The number of fused-ring (bicyclic) bond motifs is 1. The molecule has 1 amide bonds. The summed E-state index contributed by atoms with van der Waals surface area (Å²) in [6.45, 7) is 1.88. The maximum atomic E-state index is 13.4. The van der Waals surface area contributed by atoms with E-state index in [1.54, 1.807) is 24.3 Å². The molecule has 0 spiro atoms. The van der Waals surface area contributed by atoms with Gasteiger partial charge in [-0.05, 0) is 30.7 Å². The van der Waals surface area contributed by atoms with Crippen molar-refractivity contribution in [1.82, 2.24) is 10.3 Å². The van der Waals surface area contributed by atoms with Gasteiger partial charge in [0.05, 0.1) is 17.1 Å². The molecule has 3 N–H and O–H groups in total. The Kier molecular flexibility index (Phi) is 4.52. The molecule has 0 unspecified atom stereocenters. The van der Waals surface area contributed by atoms with Gasteiger partial charge in [0.15, 0.2) is 0 Å². The molecule has 0 bridgehead atoms. The lowest BCUT2D eigenvalue weighted by atomic mass is 10.0. The second kappa shape index (κ2) is 6.76. The van der Waals surface area contributed by atoms with Crippen LogP contribution < -0.4 is 10.9 Å². The number of rotatable bonds is 4. The number of nitrogens with one attached hydrogen (secondary N) is 2. The standard InChI is InChI=1S/C19H17FN2O3/c1-2-15(13-5-3-4-6-17(13)23)22-19(25)14-10-18(24)21-16-9-11(20)7-8-12(14)16/h3-10,15,23H,2H2,1H3,(H,21,24)(H,22,25)/t15-/m1/s1. The topological polar surface area (TPSA) is 82.2 Å². The molecule has 1 atom stereocenters. The largest absolute Gasteiger partial charge is 0.508 e. The minimum atomic E-state index is -0.499. The van der Waals surface area contributed by atoms with E-state index in [-0.39, 0.29) is 16.8 Å². The highest BCUT2D eigenvalue weighted by Crippen LogP contribution is 2.26. The van der Waals surface area contributed by atoms with E-state index in [2.05, 4.69) is 10.3 Å². The highest BCUT2D eigenvalue weighted by molar-refractivity contribution is 6.06. The van der Waals surface area contributed by atoms with Crippen LogP contribution in [-0.2, 0) is 0 Å². The summed E-state index contributed by atoms with van der Waals surface area (Å²) in [4.78, 5) is 27.0. The molecule has 0 radical (unpaired) electrons. The number of carbonyl (C=O) groups is 1. The van der Waals surface area contributed by atoms with E-state index in [0.717, 1.165) is 0 Å². The van der Waals surface area contributed by atoms with E-state index in [1.807, 2.05) is 6.92 Å². The predicted molar refractivity (Wildman–Crippen MR) is 93.1 cm³/mol. The van der Waals surface area contributed by atoms with E-state index in [9.17, 15) is 19.1 Å². The number of pyridine rings is 1. The number of phenols is 1. The molecule has 2 aromatic carbocycles. The van der Waals surface area contributed by atoms with Crippen LogP contribution in [0.3, 0.4) is 0 Å². The van der Waals surface area contributed by atoms with Gasteiger partial charge >= 0.3 is 0 Å². The van der Waals surface area contributed by atoms with Gasteiger partial charge in [0.2, 0.25) is 5.56 Å². The van der Waals surface area contributed by atoms with Crippen LogP contribution in [0, 0.1) is 5.82 Å². The lowest BCUT2D eigenvalue weighted by Gasteiger charge is -2.19. The zero-order valence-corrected chi connectivity index (χ0v) is 13.5. The second-order valence-corrected chi connectivity index (χ2v) is 5.73. The first-order valence-electron chi connectivity index (χ1n) is 7.91. The number of aromatic amines is 1. The van der Waals surface area contributed by atoms with E-state index in [1.165, 1.54) is 24.3 Å². The minimum absolute atomic E-state index is 0.0903. The summed E-state index contributed by atoms with van der Waals surface area (Å²) in [6.07, 6.45) is 0.555. The van der Waals surface area contributed by atoms with Gasteiger partial charge in [-0.1, -0.05) is 25.1 Å². The van der Waals surface area contributed by atoms with Crippen molar-refractivity contribution >= 4 is 16.8 Å². The number of carbonyl (C=O) groups excluding carboxylic acids is 1. The molecule has 3 rings (SSSR count). The molecular formula is C19H17FN2O3. The molecule has 0 aliphatic carbocycles. The molecule has 0 aliphatic heterocycles. The first-order chi connectivity index (χ1) is 12.0. The number of aromatic nitrogens is 1. The third-order valence-corrected chi connectivity index (χ3v) is 4.08. The third kappa shape index (κ3) is 3.38. The van der Waals surface area contributed by atoms with Crippen LogP contribution in [-0.4, -0.2) is 16.0 Å². The molecule has 25 heavy (non-hydrogen) atoms. The Labute approximate surface area is 143 Å². The van der Waals surface area contributed by atoms with Crippen molar-refractivity contribution in [2.24, 2.45) is 0 Å². The van der Waals surface area contributed by atoms with E-state index in [4.69, 9.17) is 0 Å². The summed E-state index contributed by atoms with van der Waals surface area (Å²) in [7, 11) is 0. The van der Waals surface area contributed by atoms with Crippen LogP contribution in [0.15, 0.2) is 53.3 Å². The number of halogens is 1. The van der Waals surface area contributed by atoms with Gasteiger partial charge in [-0.25, -0.2) is 4.39 Å². The van der Waals surface area contributed by atoms with Gasteiger partial charge in [-0.3, -0.25) is 9.59 Å². The van der Waals surface area contributed by atoms with Crippen LogP contribution >= 0.6 is 0 Å². The van der Waals surface area contributed by atoms with Crippen LogP contribution in [0.5, 0.6) is 5.75 Å². The highest BCUT2D eigenvalue weighted by atomic mass is 19.1. The summed E-state index contributed by atoms with van der Waals surface area (Å²) in [5.74, 6) is -0.869.